The maximum absolute atomic E-state index is 12.8. The first-order chi connectivity index (χ1) is 12.6. The molecule has 0 bridgehead atoms. The molecule has 0 aliphatic carbocycles. The molecular formula is C21H23NO4. The Kier molecular flexibility index (Phi) is 5.46. The van der Waals surface area contributed by atoms with Crippen LogP contribution in [0.3, 0.4) is 0 Å². The Morgan fingerprint density at radius 3 is 2.46 bits per heavy atom. The number of fused-ring (bicyclic) bond motifs is 1. The summed E-state index contributed by atoms with van der Waals surface area (Å²) in [6.45, 7) is 6.42. The van der Waals surface area contributed by atoms with Crippen molar-refractivity contribution in [2.75, 3.05) is 13.7 Å². The highest BCUT2D eigenvalue weighted by Gasteiger charge is 2.35. The lowest BCUT2D eigenvalue weighted by molar-refractivity contribution is -0.143. The summed E-state index contributed by atoms with van der Waals surface area (Å²) in [6, 6.07) is 15.0. The third-order valence-corrected chi connectivity index (χ3v) is 4.17. The molecule has 1 aliphatic heterocycles. The molecule has 2 unspecified atom stereocenters. The number of carbonyl (C=O) groups is 1. The molecule has 0 aromatic heterocycles. The third kappa shape index (κ3) is 3.99. The lowest BCUT2D eigenvalue weighted by atomic mass is 10.1. The minimum atomic E-state index is -0.662. The van der Waals surface area contributed by atoms with Crippen LogP contribution >= 0.6 is 0 Å². The van der Waals surface area contributed by atoms with E-state index in [2.05, 4.69) is 6.58 Å². The molecule has 0 spiro atoms. The van der Waals surface area contributed by atoms with E-state index < -0.39 is 6.10 Å². The minimum absolute atomic E-state index is 0.112. The van der Waals surface area contributed by atoms with Gasteiger partial charge < -0.3 is 19.1 Å². The topological polar surface area (TPSA) is 48.0 Å². The van der Waals surface area contributed by atoms with Gasteiger partial charge in [0.15, 0.2) is 11.5 Å². The van der Waals surface area contributed by atoms with Gasteiger partial charge in [0.1, 0.15) is 18.5 Å². The fourth-order valence-corrected chi connectivity index (χ4v) is 2.81. The maximum Gasteiger partial charge on any atom is 0.267 e. The fraction of sp³-hybridized carbons (Fsp3) is 0.286. The summed E-state index contributed by atoms with van der Waals surface area (Å²) < 4.78 is 17.2. The summed E-state index contributed by atoms with van der Waals surface area (Å²) in [6.07, 6.45) is 0.686. The molecule has 3 rings (SSSR count). The van der Waals surface area contributed by atoms with Gasteiger partial charge >= 0.3 is 0 Å². The lowest BCUT2D eigenvalue weighted by Crippen LogP contribution is -2.49. The number of benzene rings is 2. The molecule has 5 nitrogen and oxygen atoms in total. The number of carbonyl (C=O) groups excluding carboxylic acids is 1. The number of nitrogens with zero attached hydrogens (tertiary/aromatic N) is 1. The molecule has 0 fully saturated rings. The van der Waals surface area contributed by atoms with E-state index in [1.54, 1.807) is 18.0 Å². The van der Waals surface area contributed by atoms with E-state index in [1.165, 1.54) is 0 Å². The number of ether oxygens (including phenoxy) is 3. The van der Waals surface area contributed by atoms with Crippen molar-refractivity contribution in [1.82, 2.24) is 4.90 Å². The first kappa shape index (κ1) is 17.9. The zero-order chi connectivity index (χ0) is 18.5. The molecule has 0 saturated heterocycles. The Labute approximate surface area is 153 Å². The minimum Gasteiger partial charge on any atom is -0.490 e. The molecule has 1 aliphatic rings. The zero-order valence-corrected chi connectivity index (χ0v) is 15.1. The van der Waals surface area contributed by atoms with E-state index in [1.807, 2.05) is 55.5 Å². The average molecular weight is 353 g/mol. The lowest BCUT2D eigenvalue weighted by Gasteiger charge is -2.33. The quantitative estimate of drug-likeness (QED) is 0.747. The van der Waals surface area contributed by atoms with E-state index in [4.69, 9.17) is 14.2 Å². The first-order valence-corrected chi connectivity index (χ1v) is 8.58. The highest BCUT2D eigenvalue weighted by atomic mass is 16.6. The molecule has 0 saturated carbocycles. The SMILES string of the molecule is C=CCOc1ccc(CN(C)C(=O)C2Oc3ccccc3OC2C)cc1. The normalized spacial score (nSPS) is 18.1. The van der Waals surface area contributed by atoms with Gasteiger partial charge in [-0.25, -0.2) is 0 Å². The summed E-state index contributed by atoms with van der Waals surface area (Å²) in [5, 5.41) is 0. The van der Waals surface area contributed by atoms with Crippen molar-refractivity contribution >= 4 is 5.91 Å². The molecule has 2 aromatic rings. The molecule has 1 heterocycles. The van der Waals surface area contributed by atoms with Crippen LogP contribution in [0.5, 0.6) is 17.2 Å². The summed E-state index contributed by atoms with van der Waals surface area (Å²) in [7, 11) is 1.76. The van der Waals surface area contributed by atoms with Crippen LogP contribution in [-0.4, -0.2) is 36.7 Å². The van der Waals surface area contributed by atoms with Crippen LogP contribution in [0.25, 0.3) is 0 Å². The zero-order valence-electron chi connectivity index (χ0n) is 15.1. The second-order valence-electron chi connectivity index (χ2n) is 6.25. The van der Waals surface area contributed by atoms with Crippen LogP contribution in [-0.2, 0) is 11.3 Å². The Morgan fingerprint density at radius 1 is 1.15 bits per heavy atom. The highest BCUT2D eigenvalue weighted by Crippen LogP contribution is 2.33. The first-order valence-electron chi connectivity index (χ1n) is 8.58. The Bertz CT molecular complexity index is 772. The number of rotatable bonds is 6. The number of amides is 1. The Balaban J connectivity index is 1.63. The van der Waals surface area contributed by atoms with Gasteiger partial charge in [-0.2, -0.15) is 0 Å². The average Bonchev–Trinajstić information content (AvgIpc) is 2.66. The van der Waals surface area contributed by atoms with E-state index in [0.29, 0.717) is 24.7 Å². The van der Waals surface area contributed by atoms with Crippen molar-refractivity contribution in [3.63, 3.8) is 0 Å². The van der Waals surface area contributed by atoms with Crippen LogP contribution in [0.1, 0.15) is 12.5 Å². The predicted octanol–water partition coefficient (Wildman–Crippen LogP) is 3.44. The monoisotopic (exact) mass is 353 g/mol. The third-order valence-electron chi connectivity index (χ3n) is 4.17. The van der Waals surface area contributed by atoms with Crippen LogP contribution < -0.4 is 14.2 Å². The standard InChI is InChI=1S/C21H23NO4/c1-4-13-24-17-11-9-16(10-12-17)14-22(3)21(23)20-15(2)25-18-7-5-6-8-19(18)26-20/h4-12,15,20H,1,13-14H2,2-3H3. The second kappa shape index (κ2) is 7.95. The van der Waals surface area contributed by atoms with Gasteiger partial charge in [0, 0.05) is 13.6 Å². The summed E-state index contributed by atoms with van der Waals surface area (Å²) in [5.41, 5.74) is 1.01. The van der Waals surface area contributed by atoms with Crippen molar-refractivity contribution in [2.24, 2.45) is 0 Å². The summed E-state index contributed by atoms with van der Waals surface area (Å²) >= 11 is 0. The molecule has 1 amide bonds. The van der Waals surface area contributed by atoms with Crippen LogP contribution in [0.4, 0.5) is 0 Å². The molecule has 2 aromatic carbocycles. The van der Waals surface area contributed by atoms with Gasteiger partial charge in [-0.3, -0.25) is 4.79 Å². The van der Waals surface area contributed by atoms with E-state index in [9.17, 15) is 4.79 Å². The Morgan fingerprint density at radius 2 is 1.81 bits per heavy atom. The molecule has 0 N–H and O–H groups in total. The van der Waals surface area contributed by atoms with Crippen molar-refractivity contribution < 1.29 is 19.0 Å². The molecule has 2 atom stereocenters. The Hall–Kier alpha value is -2.95. The van der Waals surface area contributed by atoms with Crippen LogP contribution in [0.2, 0.25) is 0 Å². The van der Waals surface area contributed by atoms with E-state index in [0.717, 1.165) is 11.3 Å². The van der Waals surface area contributed by atoms with Gasteiger partial charge in [-0.1, -0.05) is 36.9 Å². The maximum atomic E-state index is 12.8. The van der Waals surface area contributed by atoms with Crippen molar-refractivity contribution in [3.05, 3.63) is 66.7 Å². The van der Waals surface area contributed by atoms with Crippen molar-refractivity contribution in [1.29, 1.82) is 0 Å². The van der Waals surface area contributed by atoms with Crippen LogP contribution in [0.15, 0.2) is 61.2 Å². The number of likely N-dealkylation sites (N-methyl/N-ethyl adjacent to an activating group) is 1. The van der Waals surface area contributed by atoms with Gasteiger partial charge in [0.2, 0.25) is 6.10 Å². The second-order valence-corrected chi connectivity index (χ2v) is 6.25. The van der Waals surface area contributed by atoms with E-state index >= 15 is 0 Å². The molecule has 5 heteroatoms. The largest absolute Gasteiger partial charge is 0.490 e. The van der Waals surface area contributed by atoms with Crippen LogP contribution in [0, 0.1) is 0 Å². The highest BCUT2D eigenvalue weighted by molar-refractivity contribution is 5.82. The van der Waals surface area contributed by atoms with Crippen molar-refractivity contribution in [3.8, 4) is 17.2 Å². The number of hydrogen-bond donors (Lipinski definition) is 0. The number of para-hydroxylation sites is 2. The van der Waals surface area contributed by atoms with Gasteiger partial charge in [0.05, 0.1) is 0 Å². The molecule has 26 heavy (non-hydrogen) atoms. The van der Waals surface area contributed by atoms with Gasteiger partial charge in [-0.05, 0) is 36.8 Å². The predicted molar refractivity (Wildman–Crippen MR) is 99.6 cm³/mol. The van der Waals surface area contributed by atoms with E-state index in [-0.39, 0.29) is 12.0 Å². The summed E-state index contributed by atoms with van der Waals surface area (Å²) in [5.74, 6) is 1.93. The van der Waals surface area contributed by atoms with Gasteiger partial charge in [0.25, 0.3) is 5.91 Å². The van der Waals surface area contributed by atoms with Gasteiger partial charge in [-0.15, -0.1) is 0 Å². The molecule has 0 radical (unpaired) electrons. The summed E-state index contributed by atoms with van der Waals surface area (Å²) in [4.78, 5) is 14.5. The molecular weight excluding hydrogens is 330 g/mol. The number of hydrogen-bond acceptors (Lipinski definition) is 4. The smallest absolute Gasteiger partial charge is 0.267 e. The fourth-order valence-electron chi connectivity index (χ4n) is 2.81. The molecule has 136 valence electrons. The van der Waals surface area contributed by atoms with Crippen molar-refractivity contribution in [2.45, 2.75) is 25.7 Å².